The van der Waals surface area contributed by atoms with Crippen LogP contribution in [-0.4, -0.2) is 67.0 Å². The number of ether oxygens (including phenoxy) is 2. The van der Waals surface area contributed by atoms with Gasteiger partial charge in [-0.25, -0.2) is 4.79 Å². The van der Waals surface area contributed by atoms with Crippen LogP contribution in [0.4, 0.5) is 4.79 Å². The minimum Gasteiger partial charge on any atom is -0.491 e. The lowest BCUT2D eigenvalue weighted by atomic mass is 10.1. The van der Waals surface area contributed by atoms with Crippen LogP contribution in [0.1, 0.15) is 53.2 Å². The molecule has 0 heterocycles. The van der Waals surface area contributed by atoms with Crippen LogP contribution in [0.2, 0.25) is 0 Å². The van der Waals surface area contributed by atoms with E-state index < -0.39 is 11.7 Å². The lowest BCUT2D eigenvalue weighted by Crippen LogP contribution is -2.43. The Bertz CT molecular complexity index is 675. The van der Waals surface area contributed by atoms with Crippen molar-refractivity contribution >= 4 is 36.0 Å². The summed E-state index contributed by atoms with van der Waals surface area (Å²) in [6.45, 7) is 13.3. The fraction of sp³-hybridized carbons (Fsp3) is 0.636. The van der Waals surface area contributed by atoms with Gasteiger partial charge in [0, 0.05) is 26.7 Å². The third-order valence-electron chi connectivity index (χ3n) is 3.85. The van der Waals surface area contributed by atoms with Gasteiger partial charge in [0.05, 0.1) is 18.8 Å². The Morgan fingerprint density at radius 3 is 2.32 bits per heavy atom. The minimum atomic E-state index is -0.724. The molecule has 1 aromatic rings. The molecular weight excluding hydrogens is 511 g/mol. The van der Waals surface area contributed by atoms with Crippen molar-refractivity contribution in [2.75, 3.05) is 33.2 Å². The first kappa shape index (κ1) is 29.2. The van der Waals surface area contributed by atoms with Gasteiger partial charge in [-0.2, -0.15) is 0 Å². The highest BCUT2D eigenvalue weighted by molar-refractivity contribution is 14.0. The van der Waals surface area contributed by atoms with Gasteiger partial charge < -0.3 is 30.1 Å². The monoisotopic (exact) mass is 550 g/mol. The van der Waals surface area contributed by atoms with Crippen LogP contribution >= 0.6 is 24.0 Å². The van der Waals surface area contributed by atoms with Crippen molar-refractivity contribution < 1.29 is 19.4 Å². The molecule has 8 nitrogen and oxygen atoms in total. The number of aliphatic imine (C=N–C) groups is 1. The molecule has 1 unspecified atom stereocenters. The summed E-state index contributed by atoms with van der Waals surface area (Å²) in [5, 5.41) is 16.7. The van der Waals surface area contributed by atoms with Crippen molar-refractivity contribution in [1.29, 1.82) is 0 Å². The fourth-order valence-corrected chi connectivity index (χ4v) is 2.44. The number of hydrogen-bond donors (Lipinski definition) is 3. The van der Waals surface area contributed by atoms with Crippen molar-refractivity contribution in [1.82, 2.24) is 15.5 Å². The number of carbonyl (C=O) groups is 1. The number of aliphatic hydroxyl groups is 1. The predicted molar refractivity (Wildman–Crippen MR) is 135 cm³/mol. The summed E-state index contributed by atoms with van der Waals surface area (Å²) in [6, 6.07) is 7.37. The molecule has 0 aliphatic carbocycles. The van der Waals surface area contributed by atoms with Crippen LogP contribution in [0.5, 0.6) is 5.75 Å². The van der Waals surface area contributed by atoms with E-state index in [1.54, 1.807) is 7.05 Å². The summed E-state index contributed by atoms with van der Waals surface area (Å²) in [7, 11) is 1.69. The molecule has 9 heteroatoms. The Labute approximate surface area is 203 Å². The van der Waals surface area contributed by atoms with Crippen molar-refractivity contribution in [3.8, 4) is 5.75 Å². The van der Waals surface area contributed by atoms with Gasteiger partial charge in [0.2, 0.25) is 0 Å². The number of nitrogens with one attached hydrogen (secondary N) is 2. The number of halogens is 1. The van der Waals surface area contributed by atoms with Gasteiger partial charge in [-0.15, -0.1) is 24.0 Å². The third-order valence-corrected chi connectivity index (χ3v) is 3.85. The number of rotatable bonds is 9. The van der Waals surface area contributed by atoms with Crippen molar-refractivity contribution in [3.63, 3.8) is 0 Å². The number of aliphatic hydroxyl groups excluding tert-OH is 1. The van der Waals surface area contributed by atoms with E-state index in [2.05, 4.69) is 15.6 Å². The Morgan fingerprint density at radius 2 is 1.81 bits per heavy atom. The molecule has 0 spiro atoms. The maximum Gasteiger partial charge on any atom is 0.410 e. The Hall–Kier alpha value is -1.75. The van der Waals surface area contributed by atoms with Crippen molar-refractivity contribution in [2.45, 2.75) is 59.4 Å². The molecule has 0 aromatic heterocycles. The normalized spacial score (nSPS) is 12.6. The molecule has 1 aromatic carbocycles. The SMILES string of the molecule is CCNC(=NCC(O)c1ccc(OC(C)C)cc1)NCCN(C)C(=O)OC(C)(C)C.I. The summed E-state index contributed by atoms with van der Waals surface area (Å²) >= 11 is 0. The van der Waals surface area contributed by atoms with E-state index in [0.29, 0.717) is 25.6 Å². The lowest BCUT2D eigenvalue weighted by molar-refractivity contribution is 0.0302. The van der Waals surface area contributed by atoms with Gasteiger partial charge in [0.1, 0.15) is 11.4 Å². The molecule has 0 saturated carbocycles. The molecule has 1 atom stereocenters. The first-order valence-corrected chi connectivity index (χ1v) is 10.4. The molecule has 0 fully saturated rings. The number of benzene rings is 1. The largest absolute Gasteiger partial charge is 0.491 e. The molecule has 0 bridgehead atoms. The molecular formula is C22H39IN4O4. The average molecular weight is 550 g/mol. The standard InChI is InChI=1S/C22H38N4O4.HI/c1-8-23-20(24-13-14-26(7)21(28)30-22(4,5)6)25-15-19(27)17-9-11-18(12-10-17)29-16(2)3;/h9-12,16,19,27H,8,13-15H2,1-7H3,(H2,23,24,25);1H. The Morgan fingerprint density at radius 1 is 1.19 bits per heavy atom. The summed E-state index contributed by atoms with van der Waals surface area (Å²) in [5.74, 6) is 1.35. The number of hydrogen-bond acceptors (Lipinski definition) is 5. The predicted octanol–water partition coefficient (Wildman–Crippen LogP) is 3.55. The summed E-state index contributed by atoms with van der Waals surface area (Å²) in [5.41, 5.74) is 0.250. The molecule has 1 amide bonds. The first-order valence-electron chi connectivity index (χ1n) is 10.4. The molecule has 0 aliphatic heterocycles. The van der Waals surface area contributed by atoms with Gasteiger partial charge >= 0.3 is 6.09 Å². The number of amides is 1. The summed E-state index contributed by atoms with van der Waals surface area (Å²) < 4.78 is 11.0. The molecule has 3 N–H and O–H groups in total. The smallest absolute Gasteiger partial charge is 0.410 e. The van der Waals surface area contributed by atoms with Gasteiger partial charge in [-0.3, -0.25) is 4.99 Å². The highest BCUT2D eigenvalue weighted by atomic mass is 127. The second-order valence-corrected chi connectivity index (χ2v) is 8.30. The van der Waals surface area contributed by atoms with E-state index in [9.17, 15) is 9.90 Å². The van der Waals surface area contributed by atoms with Gasteiger partial charge in [-0.1, -0.05) is 12.1 Å². The maximum absolute atomic E-state index is 12.0. The van der Waals surface area contributed by atoms with E-state index in [1.165, 1.54) is 4.90 Å². The van der Waals surface area contributed by atoms with Crippen molar-refractivity contribution in [2.24, 2.45) is 4.99 Å². The third kappa shape index (κ3) is 12.6. The molecule has 0 aliphatic rings. The zero-order chi connectivity index (χ0) is 22.7. The summed E-state index contributed by atoms with van der Waals surface area (Å²) in [4.78, 5) is 18.0. The number of nitrogens with zero attached hydrogens (tertiary/aromatic N) is 2. The van der Waals surface area contributed by atoms with E-state index in [-0.39, 0.29) is 42.7 Å². The molecule has 1 rings (SSSR count). The number of likely N-dealkylation sites (N-methyl/N-ethyl adjacent to an activating group) is 1. The quantitative estimate of drug-likeness (QED) is 0.247. The lowest BCUT2D eigenvalue weighted by Gasteiger charge is -2.25. The van der Waals surface area contributed by atoms with Gasteiger partial charge in [-0.05, 0) is 59.2 Å². The number of carbonyl (C=O) groups excluding carboxylic acids is 1. The minimum absolute atomic E-state index is 0. The maximum atomic E-state index is 12.0. The number of guanidine groups is 1. The first-order chi connectivity index (χ1) is 14.0. The van der Waals surface area contributed by atoms with Crippen LogP contribution in [0.15, 0.2) is 29.3 Å². The van der Waals surface area contributed by atoms with Gasteiger partial charge in [0.15, 0.2) is 5.96 Å². The average Bonchev–Trinajstić information content (AvgIpc) is 2.64. The Balaban J connectivity index is 0.00000900. The Kier molecular flexibility index (Phi) is 13.5. The van der Waals surface area contributed by atoms with Crippen LogP contribution in [0.3, 0.4) is 0 Å². The highest BCUT2D eigenvalue weighted by Crippen LogP contribution is 2.19. The molecule has 31 heavy (non-hydrogen) atoms. The van der Waals surface area contributed by atoms with Crippen molar-refractivity contribution in [3.05, 3.63) is 29.8 Å². The molecule has 178 valence electrons. The highest BCUT2D eigenvalue weighted by Gasteiger charge is 2.19. The molecule has 0 saturated heterocycles. The second kappa shape index (κ2) is 14.3. The topological polar surface area (TPSA) is 95.4 Å². The van der Waals surface area contributed by atoms with Crippen LogP contribution in [0.25, 0.3) is 0 Å². The van der Waals surface area contributed by atoms with E-state index in [4.69, 9.17) is 9.47 Å². The van der Waals surface area contributed by atoms with Gasteiger partial charge in [0.25, 0.3) is 0 Å². The van der Waals surface area contributed by atoms with E-state index in [1.807, 2.05) is 65.8 Å². The van der Waals surface area contributed by atoms with Crippen LogP contribution in [0, 0.1) is 0 Å². The fourth-order valence-electron chi connectivity index (χ4n) is 2.44. The van der Waals surface area contributed by atoms with Crippen LogP contribution in [-0.2, 0) is 4.74 Å². The summed E-state index contributed by atoms with van der Waals surface area (Å²) in [6.07, 6.45) is -0.988. The van der Waals surface area contributed by atoms with E-state index in [0.717, 1.165) is 11.3 Å². The second-order valence-electron chi connectivity index (χ2n) is 8.30. The van der Waals surface area contributed by atoms with E-state index >= 15 is 0 Å². The zero-order valence-electron chi connectivity index (χ0n) is 19.8. The van der Waals surface area contributed by atoms with Crippen LogP contribution < -0.4 is 15.4 Å². The molecule has 0 radical (unpaired) electrons. The zero-order valence-corrected chi connectivity index (χ0v) is 22.1.